The quantitative estimate of drug-likeness (QED) is 0.561. The van der Waals surface area contributed by atoms with Crippen LogP contribution in [0.4, 0.5) is 5.69 Å². The molecule has 2 aromatic rings. The molecule has 0 radical (unpaired) electrons. The number of methoxy groups -OCH3 is 2. The fourth-order valence-electron chi connectivity index (χ4n) is 2.47. The van der Waals surface area contributed by atoms with Gasteiger partial charge in [-0.2, -0.15) is 5.10 Å². The third-order valence-electron chi connectivity index (χ3n) is 3.99. The highest BCUT2D eigenvalue weighted by Crippen LogP contribution is 2.23. The molecule has 2 aromatic carbocycles. The molecule has 1 heterocycles. The largest absolute Gasteiger partial charge is 0.497 e. The van der Waals surface area contributed by atoms with Crippen molar-refractivity contribution in [1.82, 2.24) is 5.32 Å². The van der Waals surface area contributed by atoms with Crippen LogP contribution in [0.5, 0.6) is 11.5 Å². The van der Waals surface area contributed by atoms with E-state index < -0.39 is 5.25 Å². The maximum absolute atomic E-state index is 12.5. The second kappa shape index (κ2) is 9.74. The maximum Gasteiger partial charge on any atom is 0.238 e. The van der Waals surface area contributed by atoms with Crippen molar-refractivity contribution in [2.45, 2.75) is 11.7 Å². The van der Waals surface area contributed by atoms with Crippen molar-refractivity contribution in [2.75, 3.05) is 19.5 Å². The Morgan fingerprint density at radius 2 is 1.72 bits per heavy atom. The predicted molar refractivity (Wildman–Crippen MR) is 114 cm³/mol. The maximum atomic E-state index is 12.5. The van der Waals surface area contributed by atoms with Gasteiger partial charge in [0.1, 0.15) is 16.7 Å². The number of nitrogens with zero attached hydrogens (tertiary/aromatic N) is 2. The minimum atomic E-state index is -0.596. The number of carbonyl (C=O) groups is 2. The molecule has 2 amide bonds. The van der Waals surface area contributed by atoms with E-state index in [1.165, 1.54) is 0 Å². The van der Waals surface area contributed by atoms with E-state index in [1.807, 2.05) is 24.3 Å². The molecule has 1 fully saturated rings. The van der Waals surface area contributed by atoms with Crippen LogP contribution in [-0.4, -0.2) is 42.7 Å². The van der Waals surface area contributed by atoms with Gasteiger partial charge in [-0.1, -0.05) is 11.8 Å². The zero-order chi connectivity index (χ0) is 20.6. The number of benzene rings is 2. The number of rotatable bonds is 6. The molecule has 2 N–H and O–H groups in total. The lowest BCUT2D eigenvalue weighted by molar-refractivity contribution is -0.123. The van der Waals surface area contributed by atoms with Crippen molar-refractivity contribution in [1.29, 1.82) is 0 Å². The molecular formula is C20H20N4O4S. The van der Waals surface area contributed by atoms with Crippen LogP contribution in [0.1, 0.15) is 12.0 Å². The van der Waals surface area contributed by atoms with Gasteiger partial charge in [0, 0.05) is 12.1 Å². The van der Waals surface area contributed by atoms with Crippen molar-refractivity contribution in [2.24, 2.45) is 10.2 Å². The summed E-state index contributed by atoms with van der Waals surface area (Å²) in [4.78, 5) is 24.5. The van der Waals surface area contributed by atoms with Crippen LogP contribution in [0.3, 0.4) is 0 Å². The smallest absolute Gasteiger partial charge is 0.238 e. The topological polar surface area (TPSA) is 101 Å². The number of hydrogen-bond donors (Lipinski definition) is 2. The summed E-state index contributed by atoms with van der Waals surface area (Å²) in [6, 6.07) is 14.3. The van der Waals surface area contributed by atoms with E-state index in [0.717, 1.165) is 23.1 Å². The minimum Gasteiger partial charge on any atom is -0.497 e. The number of thioether (sulfide) groups is 1. The van der Waals surface area contributed by atoms with Crippen molar-refractivity contribution < 1.29 is 19.1 Å². The molecule has 0 spiro atoms. The first-order valence-electron chi connectivity index (χ1n) is 8.74. The predicted octanol–water partition coefficient (Wildman–Crippen LogP) is 2.65. The van der Waals surface area contributed by atoms with Gasteiger partial charge in [0.25, 0.3) is 0 Å². The standard InChI is InChI=1S/C20H20N4O4S/c1-27-15-7-3-13(4-8-15)12-21-24-20-23-18(25)11-17(29-20)19(26)22-14-5-9-16(28-2)10-6-14/h3-10,12,17H,11H2,1-2H3,(H,22,26)(H,23,24,25)/b21-12+. The molecule has 150 valence electrons. The summed E-state index contributed by atoms with van der Waals surface area (Å²) < 4.78 is 10.2. The molecule has 8 nitrogen and oxygen atoms in total. The third-order valence-corrected chi connectivity index (χ3v) is 5.06. The van der Waals surface area contributed by atoms with Gasteiger partial charge < -0.3 is 20.1 Å². The summed E-state index contributed by atoms with van der Waals surface area (Å²) in [7, 11) is 3.17. The van der Waals surface area contributed by atoms with Gasteiger partial charge in [0.2, 0.25) is 11.8 Å². The number of ether oxygens (including phenoxy) is 2. The monoisotopic (exact) mass is 412 g/mol. The van der Waals surface area contributed by atoms with Crippen LogP contribution in [0.25, 0.3) is 0 Å². The van der Waals surface area contributed by atoms with E-state index in [-0.39, 0.29) is 23.4 Å². The Bertz CT molecular complexity index is 927. The molecule has 1 aliphatic heterocycles. The summed E-state index contributed by atoms with van der Waals surface area (Å²) in [6.45, 7) is 0. The second-order valence-corrected chi connectivity index (χ2v) is 7.19. The zero-order valence-corrected chi connectivity index (χ0v) is 16.7. The fraction of sp³-hybridized carbons (Fsp3) is 0.200. The van der Waals surface area contributed by atoms with Crippen LogP contribution in [-0.2, 0) is 9.59 Å². The SMILES string of the molecule is COc1ccc(/C=N/N=C2\NC(=O)CC(C(=O)Nc3ccc(OC)cc3)S2)cc1. The van der Waals surface area contributed by atoms with E-state index >= 15 is 0 Å². The zero-order valence-electron chi connectivity index (χ0n) is 15.9. The van der Waals surface area contributed by atoms with Crippen molar-refractivity contribution in [3.05, 3.63) is 54.1 Å². The van der Waals surface area contributed by atoms with Crippen molar-refractivity contribution in [3.63, 3.8) is 0 Å². The Balaban J connectivity index is 1.62. The Morgan fingerprint density at radius 1 is 1.10 bits per heavy atom. The van der Waals surface area contributed by atoms with Crippen molar-refractivity contribution >= 4 is 40.6 Å². The number of amidine groups is 1. The van der Waals surface area contributed by atoms with Gasteiger partial charge in [-0.05, 0) is 54.1 Å². The van der Waals surface area contributed by atoms with Gasteiger partial charge >= 0.3 is 0 Å². The van der Waals surface area contributed by atoms with E-state index in [4.69, 9.17) is 9.47 Å². The number of carbonyl (C=O) groups excluding carboxylic acids is 2. The highest BCUT2D eigenvalue weighted by atomic mass is 32.2. The van der Waals surface area contributed by atoms with Gasteiger partial charge in [-0.15, -0.1) is 5.10 Å². The molecule has 9 heteroatoms. The summed E-state index contributed by atoms with van der Waals surface area (Å²) in [6.07, 6.45) is 1.62. The number of nitrogens with one attached hydrogen (secondary N) is 2. The van der Waals surface area contributed by atoms with Crippen LogP contribution >= 0.6 is 11.8 Å². The Morgan fingerprint density at radius 3 is 2.34 bits per heavy atom. The van der Waals surface area contributed by atoms with Gasteiger partial charge in [0.15, 0.2) is 5.17 Å². The van der Waals surface area contributed by atoms with Gasteiger partial charge in [-0.25, -0.2) is 0 Å². The highest BCUT2D eigenvalue weighted by molar-refractivity contribution is 8.15. The summed E-state index contributed by atoms with van der Waals surface area (Å²) in [5, 5.41) is 13.1. The highest BCUT2D eigenvalue weighted by Gasteiger charge is 2.30. The fourth-order valence-corrected chi connectivity index (χ4v) is 3.41. The summed E-state index contributed by atoms with van der Waals surface area (Å²) >= 11 is 1.16. The van der Waals surface area contributed by atoms with Crippen molar-refractivity contribution in [3.8, 4) is 11.5 Å². The van der Waals surface area contributed by atoms with E-state index in [1.54, 1.807) is 44.7 Å². The van der Waals surface area contributed by atoms with Gasteiger partial charge in [0.05, 0.1) is 20.4 Å². The van der Waals surface area contributed by atoms with E-state index in [2.05, 4.69) is 20.8 Å². The van der Waals surface area contributed by atoms with Crippen LogP contribution in [0.2, 0.25) is 0 Å². The summed E-state index contributed by atoms with van der Waals surface area (Å²) in [5.74, 6) is 0.881. The average Bonchev–Trinajstić information content (AvgIpc) is 2.74. The molecule has 0 saturated carbocycles. The molecule has 29 heavy (non-hydrogen) atoms. The lowest BCUT2D eigenvalue weighted by atomic mass is 10.2. The van der Waals surface area contributed by atoms with E-state index in [0.29, 0.717) is 11.4 Å². The minimum absolute atomic E-state index is 0.0634. The Labute approximate surface area is 172 Å². The van der Waals surface area contributed by atoms with Crippen LogP contribution in [0, 0.1) is 0 Å². The lowest BCUT2D eigenvalue weighted by Gasteiger charge is -2.21. The molecule has 1 unspecified atom stereocenters. The molecular weight excluding hydrogens is 392 g/mol. The molecule has 1 aliphatic rings. The first-order chi connectivity index (χ1) is 14.1. The molecule has 3 rings (SSSR count). The van der Waals surface area contributed by atoms with Crippen LogP contribution in [0.15, 0.2) is 58.7 Å². The Hall–Kier alpha value is -3.33. The lowest BCUT2D eigenvalue weighted by Crippen LogP contribution is -2.41. The molecule has 1 atom stereocenters. The van der Waals surface area contributed by atoms with Gasteiger partial charge in [-0.3, -0.25) is 9.59 Å². The number of amides is 2. The second-order valence-electron chi connectivity index (χ2n) is 6.00. The Kier molecular flexibility index (Phi) is 6.85. The molecule has 0 aliphatic carbocycles. The molecule has 1 saturated heterocycles. The third kappa shape index (κ3) is 5.82. The normalized spacial score (nSPS) is 17.8. The first kappa shape index (κ1) is 20.4. The number of anilines is 1. The summed E-state index contributed by atoms with van der Waals surface area (Å²) in [5.41, 5.74) is 1.45. The molecule has 0 aromatic heterocycles. The average molecular weight is 412 g/mol. The van der Waals surface area contributed by atoms with Crippen LogP contribution < -0.4 is 20.1 Å². The molecule has 0 bridgehead atoms. The first-order valence-corrected chi connectivity index (χ1v) is 9.62. The van der Waals surface area contributed by atoms with E-state index in [9.17, 15) is 9.59 Å². The number of hydrogen-bond acceptors (Lipinski definition) is 7.